The van der Waals surface area contributed by atoms with Crippen molar-refractivity contribution in [2.24, 2.45) is 5.92 Å². The van der Waals surface area contributed by atoms with Gasteiger partial charge in [-0.25, -0.2) is 4.98 Å². The van der Waals surface area contributed by atoms with Crippen molar-refractivity contribution in [3.8, 4) is 0 Å². The Kier molecular flexibility index (Phi) is 5.45. The molecular formula is C25H28N4O2. The van der Waals surface area contributed by atoms with Crippen LogP contribution in [-0.4, -0.2) is 39.4 Å². The second kappa shape index (κ2) is 8.53. The second-order valence-electron chi connectivity index (χ2n) is 8.66. The number of anilines is 1. The summed E-state index contributed by atoms with van der Waals surface area (Å²) < 4.78 is 2.31. The number of hydrogen-bond donors (Lipinski definition) is 1. The number of likely N-dealkylation sites (tertiary alicyclic amines) is 1. The monoisotopic (exact) mass is 416 g/mol. The van der Waals surface area contributed by atoms with Crippen LogP contribution in [0, 0.1) is 5.92 Å². The summed E-state index contributed by atoms with van der Waals surface area (Å²) in [5.41, 5.74) is 4.02. The summed E-state index contributed by atoms with van der Waals surface area (Å²) in [6.45, 7) is 2.15. The molecule has 1 fully saturated rings. The van der Waals surface area contributed by atoms with Gasteiger partial charge in [-0.15, -0.1) is 0 Å². The summed E-state index contributed by atoms with van der Waals surface area (Å²) in [4.78, 5) is 31.9. The lowest BCUT2D eigenvalue weighted by Gasteiger charge is -2.16. The molecule has 1 aromatic heterocycles. The van der Waals surface area contributed by atoms with Crippen molar-refractivity contribution in [3.63, 3.8) is 0 Å². The van der Waals surface area contributed by atoms with Gasteiger partial charge < -0.3 is 14.8 Å². The van der Waals surface area contributed by atoms with E-state index in [1.54, 1.807) is 0 Å². The second-order valence-corrected chi connectivity index (χ2v) is 8.66. The van der Waals surface area contributed by atoms with E-state index in [-0.39, 0.29) is 24.2 Å². The van der Waals surface area contributed by atoms with Crippen LogP contribution >= 0.6 is 0 Å². The van der Waals surface area contributed by atoms with Gasteiger partial charge in [0.1, 0.15) is 5.82 Å². The quantitative estimate of drug-likeness (QED) is 0.688. The van der Waals surface area contributed by atoms with Crippen molar-refractivity contribution in [2.45, 2.75) is 45.1 Å². The first-order valence-corrected chi connectivity index (χ1v) is 11.3. The fourth-order valence-electron chi connectivity index (χ4n) is 4.74. The molecule has 0 aliphatic carbocycles. The number of nitrogens with one attached hydrogen (secondary N) is 1. The van der Waals surface area contributed by atoms with Gasteiger partial charge in [0.05, 0.1) is 17.0 Å². The van der Waals surface area contributed by atoms with Gasteiger partial charge in [0.15, 0.2) is 0 Å². The number of fused-ring (bicyclic) bond motifs is 3. The SMILES string of the molecule is O=C(Nc1ccc2c(c1)nc1n2CCCCC1)C1CC(=O)N(CCc2ccccc2)C1. The maximum absolute atomic E-state index is 12.8. The molecule has 0 bridgehead atoms. The minimum atomic E-state index is -0.308. The molecule has 0 saturated carbocycles. The average Bonchev–Trinajstić information content (AvgIpc) is 3.23. The zero-order valence-electron chi connectivity index (χ0n) is 17.7. The highest BCUT2D eigenvalue weighted by Gasteiger charge is 2.34. The van der Waals surface area contributed by atoms with E-state index in [9.17, 15) is 9.59 Å². The van der Waals surface area contributed by atoms with E-state index in [0.717, 1.165) is 41.9 Å². The van der Waals surface area contributed by atoms with Crippen LogP contribution in [0.5, 0.6) is 0 Å². The van der Waals surface area contributed by atoms with Crippen LogP contribution in [0.2, 0.25) is 0 Å². The van der Waals surface area contributed by atoms with Crippen LogP contribution in [0.3, 0.4) is 0 Å². The highest BCUT2D eigenvalue weighted by atomic mass is 16.2. The molecule has 160 valence electrons. The van der Waals surface area contributed by atoms with Gasteiger partial charge in [0.25, 0.3) is 0 Å². The van der Waals surface area contributed by atoms with Gasteiger partial charge in [0, 0.05) is 38.2 Å². The summed E-state index contributed by atoms with van der Waals surface area (Å²) in [5, 5.41) is 3.02. The predicted molar refractivity (Wildman–Crippen MR) is 121 cm³/mol. The van der Waals surface area contributed by atoms with Gasteiger partial charge in [-0.3, -0.25) is 9.59 Å². The van der Waals surface area contributed by atoms with Crippen LogP contribution in [0.25, 0.3) is 11.0 Å². The van der Waals surface area contributed by atoms with E-state index in [1.165, 1.54) is 24.8 Å². The fraction of sp³-hybridized carbons (Fsp3) is 0.400. The molecule has 1 atom stereocenters. The number of aryl methyl sites for hydroxylation is 2. The highest BCUT2D eigenvalue weighted by Crippen LogP contribution is 2.26. The third-order valence-electron chi connectivity index (χ3n) is 6.48. The van der Waals surface area contributed by atoms with E-state index in [4.69, 9.17) is 4.98 Å². The van der Waals surface area contributed by atoms with E-state index in [0.29, 0.717) is 13.1 Å². The Hall–Kier alpha value is -3.15. The van der Waals surface area contributed by atoms with E-state index in [1.807, 2.05) is 35.2 Å². The predicted octanol–water partition coefficient (Wildman–Crippen LogP) is 3.79. The van der Waals surface area contributed by atoms with E-state index in [2.05, 4.69) is 28.1 Å². The third kappa shape index (κ3) is 4.20. The highest BCUT2D eigenvalue weighted by molar-refractivity contribution is 5.98. The zero-order chi connectivity index (χ0) is 21.2. The molecule has 3 aromatic rings. The lowest BCUT2D eigenvalue weighted by molar-refractivity contribution is -0.128. The molecule has 2 amide bonds. The van der Waals surface area contributed by atoms with Crippen LogP contribution in [-0.2, 0) is 29.0 Å². The molecule has 1 unspecified atom stereocenters. The maximum atomic E-state index is 12.8. The normalized spacial score (nSPS) is 18.8. The number of hydrogen-bond acceptors (Lipinski definition) is 3. The molecule has 1 N–H and O–H groups in total. The topological polar surface area (TPSA) is 67.2 Å². The number of aromatic nitrogens is 2. The molecule has 2 aliphatic rings. The maximum Gasteiger partial charge on any atom is 0.229 e. The number of imidazole rings is 1. The van der Waals surface area contributed by atoms with Crippen molar-refractivity contribution >= 4 is 28.5 Å². The molecule has 0 spiro atoms. The average molecular weight is 417 g/mol. The Labute approximate surface area is 182 Å². The third-order valence-corrected chi connectivity index (χ3v) is 6.48. The van der Waals surface area contributed by atoms with Crippen LogP contribution in [0.1, 0.15) is 37.1 Å². The van der Waals surface area contributed by atoms with Crippen LogP contribution < -0.4 is 5.32 Å². The molecule has 6 heteroatoms. The first-order valence-electron chi connectivity index (χ1n) is 11.3. The molecule has 2 aliphatic heterocycles. The Bertz CT molecular complexity index is 1110. The van der Waals surface area contributed by atoms with Crippen molar-refractivity contribution in [1.29, 1.82) is 0 Å². The first-order chi connectivity index (χ1) is 15.2. The van der Waals surface area contributed by atoms with Gasteiger partial charge in [-0.1, -0.05) is 36.8 Å². The van der Waals surface area contributed by atoms with Crippen LogP contribution in [0.15, 0.2) is 48.5 Å². The zero-order valence-corrected chi connectivity index (χ0v) is 17.7. The van der Waals surface area contributed by atoms with Gasteiger partial charge in [0.2, 0.25) is 11.8 Å². The summed E-state index contributed by atoms with van der Waals surface area (Å²) in [6, 6.07) is 16.1. The Balaban J connectivity index is 1.23. The van der Waals surface area contributed by atoms with E-state index < -0.39 is 0 Å². The van der Waals surface area contributed by atoms with Crippen molar-refractivity contribution < 1.29 is 9.59 Å². The summed E-state index contributed by atoms with van der Waals surface area (Å²) >= 11 is 0. The fourth-order valence-corrected chi connectivity index (χ4v) is 4.74. The minimum Gasteiger partial charge on any atom is -0.342 e. The number of carbonyl (C=O) groups is 2. The molecule has 5 rings (SSSR count). The number of rotatable bonds is 5. The summed E-state index contributed by atoms with van der Waals surface area (Å²) in [6.07, 6.45) is 5.72. The van der Waals surface area contributed by atoms with Crippen LogP contribution in [0.4, 0.5) is 5.69 Å². The van der Waals surface area contributed by atoms with Gasteiger partial charge in [-0.2, -0.15) is 0 Å². The molecule has 2 aromatic carbocycles. The van der Waals surface area contributed by atoms with E-state index >= 15 is 0 Å². The Morgan fingerprint density at radius 3 is 2.84 bits per heavy atom. The molecule has 0 radical (unpaired) electrons. The number of nitrogens with zero attached hydrogens (tertiary/aromatic N) is 3. The molecule has 3 heterocycles. The number of carbonyl (C=O) groups excluding carboxylic acids is 2. The smallest absolute Gasteiger partial charge is 0.229 e. The lowest BCUT2D eigenvalue weighted by Crippen LogP contribution is -2.30. The van der Waals surface area contributed by atoms with Gasteiger partial charge in [-0.05, 0) is 43.0 Å². The first kappa shape index (κ1) is 19.8. The number of benzene rings is 2. The largest absolute Gasteiger partial charge is 0.342 e. The minimum absolute atomic E-state index is 0.0596. The lowest BCUT2D eigenvalue weighted by atomic mass is 10.1. The van der Waals surface area contributed by atoms with Crippen molar-refractivity contribution in [1.82, 2.24) is 14.5 Å². The standard InChI is InChI=1S/C25H28N4O2/c30-24-15-19(17-28(24)14-12-18-7-3-1-4-8-18)25(31)26-20-10-11-22-21(16-20)27-23-9-5-2-6-13-29(22)23/h1,3-4,7-8,10-11,16,19H,2,5-6,9,12-15,17H2,(H,26,31). The summed E-state index contributed by atoms with van der Waals surface area (Å²) in [7, 11) is 0. The molecule has 31 heavy (non-hydrogen) atoms. The number of amides is 2. The van der Waals surface area contributed by atoms with Crippen molar-refractivity contribution in [3.05, 3.63) is 59.9 Å². The summed E-state index contributed by atoms with van der Waals surface area (Å²) in [5.74, 6) is 0.809. The molecule has 1 saturated heterocycles. The Morgan fingerprint density at radius 2 is 1.97 bits per heavy atom. The molecule has 6 nitrogen and oxygen atoms in total. The van der Waals surface area contributed by atoms with Crippen molar-refractivity contribution in [2.75, 3.05) is 18.4 Å². The Morgan fingerprint density at radius 1 is 1.10 bits per heavy atom. The molecular weight excluding hydrogens is 388 g/mol. The van der Waals surface area contributed by atoms with Gasteiger partial charge >= 0.3 is 0 Å².